The number of hydrogen-bond donors (Lipinski definition) is 1. The molecule has 2 aromatic rings. The molecule has 12 heavy (non-hydrogen) atoms. The number of nitrogens with one attached hydrogen (secondary N) is 1. The molecule has 1 N–H and O–H groups in total. The molecule has 0 bridgehead atoms. The number of H-pyrrole nitrogens is 1. The third-order valence-electron chi connectivity index (χ3n) is 1.87. The van der Waals surface area contributed by atoms with Gasteiger partial charge in [0, 0.05) is 5.69 Å². The third kappa shape index (κ3) is 1.18. The van der Waals surface area contributed by atoms with Crippen molar-refractivity contribution in [3.63, 3.8) is 0 Å². The summed E-state index contributed by atoms with van der Waals surface area (Å²) < 4.78 is 0. The van der Waals surface area contributed by atoms with Crippen LogP contribution in [-0.2, 0) is 6.42 Å². The van der Waals surface area contributed by atoms with Gasteiger partial charge in [-0.1, -0.05) is 13.3 Å². The van der Waals surface area contributed by atoms with E-state index in [-0.39, 0.29) is 0 Å². The van der Waals surface area contributed by atoms with E-state index in [1.54, 1.807) is 6.33 Å². The van der Waals surface area contributed by atoms with Crippen LogP contribution in [0.4, 0.5) is 0 Å². The topological polar surface area (TPSA) is 41.6 Å². The van der Waals surface area contributed by atoms with E-state index in [2.05, 4.69) is 27.9 Å². The Labute approximate surface area is 70.9 Å². The predicted octanol–water partition coefficient (Wildman–Crippen LogP) is 1.91. The second kappa shape index (κ2) is 2.93. The van der Waals surface area contributed by atoms with E-state index in [1.165, 1.54) is 5.69 Å². The van der Waals surface area contributed by atoms with E-state index < -0.39 is 0 Å². The number of aromatic amines is 1. The first-order chi connectivity index (χ1) is 5.90. The number of rotatable bonds is 2. The van der Waals surface area contributed by atoms with Gasteiger partial charge in [-0.2, -0.15) is 0 Å². The minimum atomic E-state index is 1.01. The number of hydrogen-bond acceptors (Lipinski definition) is 2. The number of aryl methyl sites for hydroxylation is 1. The molecule has 2 rings (SSSR count). The molecule has 0 aromatic carbocycles. The highest BCUT2D eigenvalue weighted by molar-refractivity contribution is 5.74. The van der Waals surface area contributed by atoms with Crippen LogP contribution in [0.2, 0.25) is 0 Å². The molecule has 0 spiro atoms. The first-order valence-electron chi connectivity index (χ1n) is 4.17. The summed E-state index contributed by atoms with van der Waals surface area (Å²) in [5.74, 6) is 0. The Kier molecular flexibility index (Phi) is 1.78. The molecule has 0 amide bonds. The van der Waals surface area contributed by atoms with E-state index in [0.29, 0.717) is 0 Å². The van der Waals surface area contributed by atoms with E-state index in [4.69, 9.17) is 0 Å². The lowest BCUT2D eigenvalue weighted by atomic mass is 10.2. The zero-order valence-corrected chi connectivity index (χ0v) is 7.04. The van der Waals surface area contributed by atoms with Crippen molar-refractivity contribution in [3.05, 3.63) is 24.3 Å². The van der Waals surface area contributed by atoms with Crippen LogP contribution in [0.15, 0.2) is 18.6 Å². The Morgan fingerprint density at radius 2 is 2.42 bits per heavy atom. The minimum absolute atomic E-state index is 1.01. The predicted molar refractivity (Wildman–Crippen MR) is 47.9 cm³/mol. The highest BCUT2D eigenvalue weighted by Crippen LogP contribution is 2.11. The molecule has 2 aromatic heterocycles. The molecule has 0 saturated carbocycles. The summed E-state index contributed by atoms with van der Waals surface area (Å²) in [5, 5.41) is 0. The molecule has 0 atom stereocenters. The quantitative estimate of drug-likeness (QED) is 0.731. The van der Waals surface area contributed by atoms with Gasteiger partial charge in [0.15, 0.2) is 0 Å². The van der Waals surface area contributed by atoms with Crippen LogP contribution >= 0.6 is 0 Å². The Morgan fingerprint density at radius 3 is 3.17 bits per heavy atom. The molecular formula is C9H11N3. The van der Waals surface area contributed by atoms with E-state index in [1.807, 2.05) is 6.20 Å². The molecule has 2 heterocycles. The zero-order valence-electron chi connectivity index (χ0n) is 7.04. The van der Waals surface area contributed by atoms with Gasteiger partial charge in [0.2, 0.25) is 0 Å². The maximum absolute atomic E-state index is 4.14. The number of fused-ring (bicyclic) bond motifs is 1. The summed E-state index contributed by atoms with van der Waals surface area (Å²) in [7, 11) is 0. The fraction of sp³-hybridized carbons (Fsp3) is 0.333. The first kappa shape index (κ1) is 7.28. The van der Waals surface area contributed by atoms with Crippen LogP contribution in [-0.4, -0.2) is 15.0 Å². The maximum atomic E-state index is 4.14. The van der Waals surface area contributed by atoms with Crippen LogP contribution in [0, 0.1) is 0 Å². The standard InChI is InChI=1S/C9H11N3/c1-2-3-7-4-8-9(12-7)5-10-6-11-8/h4-6,12H,2-3H2,1H3. The van der Waals surface area contributed by atoms with Crippen molar-refractivity contribution in [1.29, 1.82) is 0 Å². The van der Waals surface area contributed by atoms with Crippen LogP contribution in [0.5, 0.6) is 0 Å². The SMILES string of the molecule is CCCc1cc2ncncc2[nH]1. The summed E-state index contributed by atoms with van der Waals surface area (Å²) in [6, 6.07) is 2.08. The average Bonchev–Trinajstić information content (AvgIpc) is 2.47. The number of aromatic nitrogens is 3. The van der Waals surface area contributed by atoms with Gasteiger partial charge in [-0.05, 0) is 12.5 Å². The van der Waals surface area contributed by atoms with Crippen LogP contribution in [0.25, 0.3) is 11.0 Å². The highest BCUT2D eigenvalue weighted by Gasteiger charge is 1.99. The lowest BCUT2D eigenvalue weighted by Crippen LogP contribution is -1.80. The van der Waals surface area contributed by atoms with Crippen molar-refractivity contribution in [1.82, 2.24) is 15.0 Å². The van der Waals surface area contributed by atoms with Gasteiger partial charge in [0.1, 0.15) is 6.33 Å². The Hall–Kier alpha value is -1.38. The van der Waals surface area contributed by atoms with Gasteiger partial charge in [-0.25, -0.2) is 9.97 Å². The molecule has 0 unspecified atom stereocenters. The van der Waals surface area contributed by atoms with Crippen LogP contribution in [0.1, 0.15) is 19.0 Å². The smallest absolute Gasteiger partial charge is 0.116 e. The van der Waals surface area contributed by atoms with Gasteiger partial charge in [0.05, 0.1) is 17.2 Å². The fourth-order valence-electron chi connectivity index (χ4n) is 1.33. The third-order valence-corrected chi connectivity index (χ3v) is 1.87. The summed E-state index contributed by atoms with van der Waals surface area (Å²) in [6.45, 7) is 2.16. The summed E-state index contributed by atoms with van der Waals surface area (Å²) in [5.41, 5.74) is 3.28. The van der Waals surface area contributed by atoms with Gasteiger partial charge in [0.25, 0.3) is 0 Å². The lowest BCUT2D eigenvalue weighted by Gasteiger charge is -1.88. The Balaban J connectivity index is 2.47. The van der Waals surface area contributed by atoms with Gasteiger partial charge >= 0.3 is 0 Å². The summed E-state index contributed by atoms with van der Waals surface area (Å²) >= 11 is 0. The molecule has 0 fully saturated rings. The van der Waals surface area contributed by atoms with Gasteiger partial charge in [-0.15, -0.1) is 0 Å². The normalized spacial score (nSPS) is 10.8. The van der Waals surface area contributed by atoms with Crippen LogP contribution < -0.4 is 0 Å². The zero-order chi connectivity index (χ0) is 8.39. The van der Waals surface area contributed by atoms with Crippen molar-refractivity contribution < 1.29 is 0 Å². The van der Waals surface area contributed by atoms with E-state index in [9.17, 15) is 0 Å². The lowest BCUT2D eigenvalue weighted by molar-refractivity contribution is 0.896. The summed E-state index contributed by atoms with van der Waals surface area (Å²) in [4.78, 5) is 11.4. The van der Waals surface area contributed by atoms with Crippen LogP contribution in [0.3, 0.4) is 0 Å². The van der Waals surface area contributed by atoms with Crippen molar-refractivity contribution >= 4 is 11.0 Å². The first-order valence-corrected chi connectivity index (χ1v) is 4.17. The monoisotopic (exact) mass is 161 g/mol. The molecule has 0 saturated heterocycles. The minimum Gasteiger partial charge on any atom is -0.356 e. The molecule has 3 nitrogen and oxygen atoms in total. The van der Waals surface area contributed by atoms with Crippen molar-refractivity contribution in [2.24, 2.45) is 0 Å². The fourth-order valence-corrected chi connectivity index (χ4v) is 1.33. The molecule has 0 aliphatic rings. The van der Waals surface area contributed by atoms with E-state index in [0.717, 1.165) is 23.9 Å². The largest absolute Gasteiger partial charge is 0.356 e. The molecule has 0 aliphatic heterocycles. The Bertz CT molecular complexity index is 345. The van der Waals surface area contributed by atoms with Gasteiger partial charge in [-0.3, -0.25) is 0 Å². The van der Waals surface area contributed by atoms with Crippen molar-refractivity contribution in [3.8, 4) is 0 Å². The van der Waals surface area contributed by atoms with Crippen molar-refractivity contribution in [2.75, 3.05) is 0 Å². The second-order valence-electron chi connectivity index (χ2n) is 2.87. The van der Waals surface area contributed by atoms with Crippen molar-refractivity contribution in [2.45, 2.75) is 19.8 Å². The van der Waals surface area contributed by atoms with Gasteiger partial charge < -0.3 is 4.98 Å². The molecule has 62 valence electrons. The summed E-state index contributed by atoms with van der Waals surface area (Å²) in [6.07, 6.45) is 5.62. The van der Waals surface area contributed by atoms with E-state index >= 15 is 0 Å². The highest BCUT2D eigenvalue weighted by atomic mass is 14.9. The molecule has 3 heteroatoms. The number of nitrogens with zero attached hydrogens (tertiary/aromatic N) is 2. The molecule has 0 radical (unpaired) electrons. The average molecular weight is 161 g/mol. The molecular weight excluding hydrogens is 150 g/mol. The maximum Gasteiger partial charge on any atom is 0.116 e. The second-order valence-corrected chi connectivity index (χ2v) is 2.87. The Morgan fingerprint density at radius 1 is 1.50 bits per heavy atom. The molecule has 0 aliphatic carbocycles.